The molecule has 0 radical (unpaired) electrons. The average Bonchev–Trinajstić information content (AvgIpc) is 2.63. The first kappa shape index (κ1) is 17.4. The molecular formula is C20H25N3O2. The zero-order valence-electron chi connectivity index (χ0n) is 14.8. The fourth-order valence-electron chi connectivity index (χ4n) is 3.60. The number of aromatic nitrogens is 1. The summed E-state index contributed by atoms with van der Waals surface area (Å²) < 4.78 is 0. The first-order valence-corrected chi connectivity index (χ1v) is 8.73. The van der Waals surface area contributed by atoms with Crippen LogP contribution in [0.1, 0.15) is 36.4 Å². The molecule has 1 saturated heterocycles. The van der Waals surface area contributed by atoms with Crippen LogP contribution in [0, 0.1) is 0 Å². The van der Waals surface area contributed by atoms with Crippen molar-refractivity contribution in [3.05, 3.63) is 59.9 Å². The van der Waals surface area contributed by atoms with Crippen molar-refractivity contribution in [2.24, 2.45) is 0 Å². The van der Waals surface area contributed by atoms with Crippen molar-refractivity contribution < 1.29 is 9.90 Å². The number of aliphatic carboxylic acids is 1. The summed E-state index contributed by atoms with van der Waals surface area (Å²) in [5, 5.41) is 9.70. The zero-order valence-corrected chi connectivity index (χ0v) is 14.8. The minimum atomic E-state index is -0.737. The lowest BCUT2D eigenvalue weighted by molar-refractivity contribution is -0.145. The van der Waals surface area contributed by atoms with Gasteiger partial charge in [-0.2, -0.15) is 0 Å². The molecule has 0 amide bonds. The van der Waals surface area contributed by atoms with Crippen molar-refractivity contribution in [3.8, 4) is 0 Å². The molecule has 3 rings (SSSR count). The van der Waals surface area contributed by atoms with Gasteiger partial charge in [0.1, 0.15) is 6.04 Å². The number of hydrogen-bond donors (Lipinski definition) is 1. The summed E-state index contributed by atoms with van der Waals surface area (Å²) in [6, 6.07) is 11.8. The first-order valence-electron chi connectivity index (χ1n) is 8.73. The van der Waals surface area contributed by atoms with Crippen LogP contribution in [0.4, 0.5) is 5.69 Å². The molecule has 2 atom stereocenters. The summed E-state index contributed by atoms with van der Waals surface area (Å²) in [4.78, 5) is 20.2. The fraction of sp³-hybridized carbons (Fsp3) is 0.400. The summed E-state index contributed by atoms with van der Waals surface area (Å²) >= 11 is 0. The van der Waals surface area contributed by atoms with Crippen LogP contribution in [0.2, 0.25) is 0 Å². The molecule has 2 aromatic rings. The predicted molar refractivity (Wildman–Crippen MR) is 98.8 cm³/mol. The molecule has 5 nitrogen and oxygen atoms in total. The van der Waals surface area contributed by atoms with E-state index in [9.17, 15) is 9.90 Å². The molecule has 1 aliphatic heterocycles. The van der Waals surface area contributed by atoms with Crippen molar-refractivity contribution in [2.45, 2.75) is 31.3 Å². The number of piperidine rings is 1. The van der Waals surface area contributed by atoms with Gasteiger partial charge < -0.3 is 10.0 Å². The first-order chi connectivity index (χ1) is 12.1. The second-order valence-electron chi connectivity index (χ2n) is 6.76. The van der Waals surface area contributed by atoms with Crippen molar-refractivity contribution in [1.29, 1.82) is 0 Å². The Hall–Kier alpha value is -2.40. The Morgan fingerprint density at radius 2 is 1.96 bits per heavy atom. The molecule has 5 heteroatoms. The molecule has 1 aliphatic rings. The maximum absolute atomic E-state index is 11.8. The van der Waals surface area contributed by atoms with E-state index >= 15 is 0 Å². The van der Waals surface area contributed by atoms with Crippen molar-refractivity contribution >= 4 is 11.7 Å². The number of hydrogen-bond acceptors (Lipinski definition) is 4. The standard InChI is InChI=1S/C20H25N3O2/c1-22(2)17-10-8-15(9-11-17)19(16-6-5-12-21-14-16)23-13-4-3-7-18(23)20(24)25/h5-6,8-12,14,18-19H,3-4,7,13H2,1-2H3,(H,24,25). The third kappa shape index (κ3) is 3.82. The summed E-state index contributed by atoms with van der Waals surface area (Å²) in [6.07, 6.45) is 6.28. The van der Waals surface area contributed by atoms with Crippen LogP contribution in [-0.4, -0.2) is 47.6 Å². The van der Waals surface area contributed by atoms with Gasteiger partial charge in [-0.15, -0.1) is 0 Å². The largest absolute Gasteiger partial charge is 0.480 e. The lowest BCUT2D eigenvalue weighted by atomic mass is 9.92. The molecule has 0 bridgehead atoms. The lowest BCUT2D eigenvalue weighted by Gasteiger charge is -2.39. The molecular weight excluding hydrogens is 314 g/mol. The maximum atomic E-state index is 11.8. The van der Waals surface area contributed by atoms with E-state index < -0.39 is 12.0 Å². The van der Waals surface area contributed by atoms with Gasteiger partial charge in [0.05, 0.1) is 6.04 Å². The van der Waals surface area contributed by atoms with Gasteiger partial charge in [0, 0.05) is 32.2 Å². The zero-order chi connectivity index (χ0) is 17.8. The van der Waals surface area contributed by atoms with E-state index in [1.54, 1.807) is 6.20 Å². The van der Waals surface area contributed by atoms with Gasteiger partial charge in [0.15, 0.2) is 0 Å². The maximum Gasteiger partial charge on any atom is 0.320 e. The fourth-order valence-corrected chi connectivity index (χ4v) is 3.60. The SMILES string of the molecule is CN(C)c1ccc(C(c2cccnc2)N2CCCCC2C(=O)O)cc1. The van der Waals surface area contributed by atoms with Crippen LogP contribution in [0.25, 0.3) is 0 Å². The topological polar surface area (TPSA) is 56.7 Å². The number of carbonyl (C=O) groups is 1. The minimum absolute atomic E-state index is 0.0914. The van der Waals surface area contributed by atoms with Gasteiger partial charge in [-0.25, -0.2) is 0 Å². The van der Waals surface area contributed by atoms with Gasteiger partial charge in [-0.1, -0.05) is 24.6 Å². The molecule has 25 heavy (non-hydrogen) atoms. The third-order valence-corrected chi connectivity index (χ3v) is 4.89. The van der Waals surface area contributed by atoms with Crippen molar-refractivity contribution in [1.82, 2.24) is 9.88 Å². The Morgan fingerprint density at radius 1 is 1.20 bits per heavy atom. The van der Waals surface area contributed by atoms with Gasteiger partial charge in [0.25, 0.3) is 0 Å². The van der Waals surface area contributed by atoms with E-state index in [0.717, 1.165) is 36.2 Å². The number of pyridine rings is 1. The van der Waals surface area contributed by atoms with Crippen LogP contribution in [0.3, 0.4) is 0 Å². The average molecular weight is 339 g/mol. The Morgan fingerprint density at radius 3 is 2.56 bits per heavy atom. The Bertz CT molecular complexity index is 701. The minimum Gasteiger partial charge on any atom is -0.480 e. The molecule has 1 fully saturated rings. The Balaban J connectivity index is 2.02. The van der Waals surface area contributed by atoms with E-state index in [1.165, 1.54) is 0 Å². The van der Waals surface area contributed by atoms with Gasteiger partial charge >= 0.3 is 5.97 Å². The summed E-state index contributed by atoms with van der Waals surface area (Å²) in [5.74, 6) is -0.737. The number of likely N-dealkylation sites (tertiary alicyclic amines) is 1. The van der Waals surface area contributed by atoms with E-state index in [1.807, 2.05) is 32.4 Å². The van der Waals surface area contributed by atoms with Gasteiger partial charge in [-0.3, -0.25) is 14.7 Å². The third-order valence-electron chi connectivity index (χ3n) is 4.89. The monoisotopic (exact) mass is 339 g/mol. The molecule has 0 aliphatic carbocycles. The predicted octanol–water partition coefficient (Wildman–Crippen LogP) is 3.18. The van der Waals surface area contributed by atoms with Crippen LogP contribution in [0.15, 0.2) is 48.8 Å². The highest BCUT2D eigenvalue weighted by atomic mass is 16.4. The normalized spacial score (nSPS) is 19.4. The van der Waals surface area contributed by atoms with E-state index in [-0.39, 0.29) is 6.04 Å². The second kappa shape index (κ2) is 7.66. The van der Waals surface area contributed by atoms with Crippen LogP contribution >= 0.6 is 0 Å². The molecule has 2 unspecified atom stereocenters. The number of carboxylic acids is 1. The molecule has 0 spiro atoms. The number of rotatable bonds is 5. The summed E-state index contributed by atoms with van der Waals surface area (Å²) in [6.45, 7) is 0.784. The van der Waals surface area contributed by atoms with E-state index in [2.05, 4.69) is 39.0 Å². The Labute approximate surface area is 148 Å². The smallest absolute Gasteiger partial charge is 0.320 e. The summed E-state index contributed by atoms with van der Waals surface area (Å²) in [5.41, 5.74) is 3.27. The van der Waals surface area contributed by atoms with Crippen molar-refractivity contribution in [3.63, 3.8) is 0 Å². The highest BCUT2D eigenvalue weighted by Gasteiger charge is 2.35. The quantitative estimate of drug-likeness (QED) is 0.907. The number of nitrogens with zero attached hydrogens (tertiary/aromatic N) is 3. The lowest BCUT2D eigenvalue weighted by Crippen LogP contribution is -2.46. The van der Waals surface area contributed by atoms with Crippen molar-refractivity contribution in [2.75, 3.05) is 25.5 Å². The second-order valence-corrected chi connectivity index (χ2v) is 6.76. The van der Waals surface area contributed by atoms with Gasteiger partial charge in [-0.05, 0) is 48.7 Å². The van der Waals surface area contributed by atoms with Crippen LogP contribution in [-0.2, 0) is 4.79 Å². The van der Waals surface area contributed by atoms with Gasteiger partial charge in [0.2, 0.25) is 0 Å². The highest BCUT2D eigenvalue weighted by molar-refractivity contribution is 5.73. The van der Waals surface area contributed by atoms with Crippen LogP contribution in [0.5, 0.6) is 0 Å². The summed E-state index contributed by atoms with van der Waals surface area (Å²) in [7, 11) is 4.03. The molecule has 2 heterocycles. The molecule has 1 N–H and O–H groups in total. The molecule has 132 valence electrons. The molecule has 1 aromatic heterocycles. The molecule has 1 aromatic carbocycles. The highest BCUT2D eigenvalue weighted by Crippen LogP contribution is 2.34. The Kier molecular flexibility index (Phi) is 5.34. The molecule has 0 saturated carbocycles. The van der Waals surface area contributed by atoms with Crippen LogP contribution < -0.4 is 4.90 Å². The number of benzene rings is 1. The number of carboxylic acid groups (broad SMARTS) is 1. The number of anilines is 1. The van der Waals surface area contributed by atoms with E-state index in [4.69, 9.17) is 0 Å². The van der Waals surface area contributed by atoms with E-state index in [0.29, 0.717) is 6.42 Å².